The molecule has 3 aromatic rings. The van der Waals surface area contributed by atoms with Gasteiger partial charge in [0.15, 0.2) is 5.69 Å². The minimum Gasteiger partial charge on any atom is -0.491 e. The van der Waals surface area contributed by atoms with Crippen LogP contribution >= 0.6 is 0 Å². The van der Waals surface area contributed by atoms with Crippen molar-refractivity contribution < 1.29 is 19.0 Å². The second kappa shape index (κ2) is 9.00. The topological polar surface area (TPSA) is 87.5 Å². The molecule has 0 bridgehead atoms. The number of benzene rings is 1. The molecule has 0 fully saturated rings. The highest BCUT2D eigenvalue weighted by Crippen LogP contribution is 2.30. The minimum absolute atomic E-state index is 0.00777. The van der Waals surface area contributed by atoms with Crippen molar-refractivity contribution in [3.63, 3.8) is 0 Å². The lowest BCUT2D eigenvalue weighted by molar-refractivity contribution is 0.0309. The fourth-order valence-corrected chi connectivity index (χ4v) is 4.07. The molecule has 0 radical (unpaired) electrons. The molecule has 2 aliphatic rings. The van der Waals surface area contributed by atoms with Gasteiger partial charge >= 0.3 is 0 Å². The Morgan fingerprint density at radius 2 is 2.22 bits per heavy atom. The van der Waals surface area contributed by atoms with E-state index in [9.17, 15) is 4.79 Å². The normalized spacial score (nSPS) is 19.3. The molecule has 0 spiro atoms. The van der Waals surface area contributed by atoms with E-state index >= 15 is 0 Å². The van der Waals surface area contributed by atoms with E-state index in [1.54, 1.807) is 16.9 Å². The molecule has 1 N–H and O–H groups in total. The van der Waals surface area contributed by atoms with Crippen LogP contribution in [-0.2, 0) is 17.7 Å². The number of fused-ring (bicyclic) bond motifs is 2. The number of rotatable bonds is 6. The summed E-state index contributed by atoms with van der Waals surface area (Å²) < 4.78 is 19.0. The SMILES string of the molecule is CCOC[C@@H]1CCn2nc(C(=O)N[C@H]3COc4ccc(-c5ccccn5)cc4C3)cc2O1. The average molecular weight is 434 g/mol. The van der Waals surface area contributed by atoms with Crippen molar-refractivity contribution in [3.05, 3.63) is 59.9 Å². The molecule has 0 unspecified atom stereocenters. The van der Waals surface area contributed by atoms with Crippen molar-refractivity contribution in [2.24, 2.45) is 0 Å². The highest BCUT2D eigenvalue weighted by Gasteiger charge is 2.27. The third kappa shape index (κ3) is 4.31. The Morgan fingerprint density at radius 3 is 3.06 bits per heavy atom. The van der Waals surface area contributed by atoms with Gasteiger partial charge in [0.05, 0.1) is 18.3 Å². The lowest BCUT2D eigenvalue weighted by Crippen LogP contribution is -2.42. The van der Waals surface area contributed by atoms with Crippen LogP contribution in [-0.4, -0.2) is 52.6 Å². The van der Waals surface area contributed by atoms with Gasteiger partial charge in [-0.2, -0.15) is 5.10 Å². The summed E-state index contributed by atoms with van der Waals surface area (Å²) >= 11 is 0. The molecule has 0 aliphatic carbocycles. The Bertz CT molecular complexity index is 1100. The van der Waals surface area contributed by atoms with Crippen LogP contribution in [0.1, 0.15) is 29.4 Å². The lowest BCUT2D eigenvalue weighted by atomic mass is 9.99. The number of hydrogen-bond donors (Lipinski definition) is 1. The number of ether oxygens (including phenoxy) is 3. The molecule has 1 amide bonds. The first-order valence-electron chi connectivity index (χ1n) is 11.0. The Labute approximate surface area is 186 Å². The summed E-state index contributed by atoms with van der Waals surface area (Å²) in [5.74, 6) is 1.23. The summed E-state index contributed by atoms with van der Waals surface area (Å²) in [5, 5.41) is 7.47. The molecule has 5 rings (SSSR count). The summed E-state index contributed by atoms with van der Waals surface area (Å²) in [4.78, 5) is 17.3. The molecule has 0 saturated heterocycles. The smallest absolute Gasteiger partial charge is 0.272 e. The van der Waals surface area contributed by atoms with Crippen LogP contribution in [0.2, 0.25) is 0 Å². The first-order valence-corrected chi connectivity index (χ1v) is 11.0. The third-order valence-electron chi connectivity index (χ3n) is 5.70. The zero-order valence-corrected chi connectivity index (χ0v) is 18.0. The quantitative estimate of drug-likeness (QED) is 0.642. The van der Waals surface area contributed by atoms with Crippen LogP contribution in [0.5, 0.6) is 11.6 Å². The first-order chi connectivity index (χ1) is 15.7. The van der Waals surface area contributed by atoms with Gasteiger partial charge in [-0.15, -0.1) is 0 Å². The molecule has 2 aliphatic heterocycles. The Morgan fingerprint density at radius 1 is 1.28 bits per heavy atom. The van der Waals surface area contributed by atoms with Gasteiger partial charge < -0.3 is 19.5 Å². The summed E-state index contributed by atoms with van der Waals surface area (Å²) in [7, 11) is 0. The van der Waals surface area contributed by atoms with Crippen LogP contribution in [0.25, 0.3) is 11.3 Å². The van der Waals surface area contributed by atoms with E-state index in [-0.39, 0.29) is 18.1 Å². The summed E-state index contributed by atoms with van der Waals surface area (Å²) in [6.07, 6.45) is 3.26. The van der Waals surface area contributed by atoms with Gasteiger partial charge in [0, 0.05) is 37.4 Å². The van der Waals surface area contributed by atoms with Crippen LogP contribution in [0, 0.1) is 0 Å². The molecular formula is C24H26N4O4. The van der Waals surface area contributed by atoms with Gasteiger partial charge in [0.1, 0.15) is 18.5 Å². The van der Waals surface area contributed by atoms with Crippen LogP contribution in [0.15, 0.2) is 48.7 Å². The molecule has 2 atom stereocenters. The maximum absolute atomic E-state index is 12.9. The van der Waals surface area contributed by atoms with E-state index in [4.69, 9.17) is 14.2 Å². The van der Waals surface area contributed by atoms with Gasteiger partial charge in [-0.1, -0.05) is 6.07 Å². The van der Waals surface area contributed by atoms with Crippen molar-refractivity contribution >= 4 is 5.91 Å². The van der Waals surface area contributed by atoms with E-state index in [1.165, 1.54) is 0 Å². The maximum Gasteiger partial charge on any atom is 0.272 e. The summed E-state index contributed by atoms with van der Waals surface area (Å²) in [6, 6.07) is 13.5. The van der Waals surface area contributed by atoms with E-state index in [0.29, 0.717) is 44.4 Å². The van der Waals surface area contributed by atoms with Gasteiger partial charge in [-0.25, -0.2) is 4.68 Å². The van der Waals surface area contributed by atoms with E-state index < -0.39 is 0 Å². The highest BCUT2D eigenvalue weighted by atomic mass is 16.5. The molecule has 32 heavy (non-hydrogen) atoms. The molecule has 8 nitrogen and oxygen atoms in total. The van der Waals surface area contributed by atoms with Crippen LogP contribution in [0.3, 0.4) is 0 Å². The number of aryl methyl sites for hydroxylation is 1. The zero-order valence-electron chi connectivity index (χ0n) is 18.0. The maximum atomic E-state index is 12.9. The fourth-order valence-electron chi connectivity index (χ4n) is 4.07. The van der Waals surface area contributed by atoms with Crippen molar-refractivity contribution in [3.8, 4) is 22.9 Å². The zero-order chi connectivity index (χ0) is 21.9. The summed E-state index contributed by atoms with van der Waals surface area (Å²) in [6.45, 7) is 4.28. The Kier molecular flexibility index (Phi) is 5.77. The number of carbonyl (C=O) groups is 1. The van der Waals surface area contributed by atoms with Crippen molar-refractivity contribution in [2.75, 3.05) is 19.8 Å². The van der Waals surface area contributed by atoms with E-state index in [2.05, 4.69) is 21.5 Å². The summed E-state index contributed by atoms with van der Waals surface area (Å²) in [5.41, 5.74) is 3.34. The van der Waals surface area contributed by atoms with Crippen LogP contribution < -0.4 is 14.8 Å². The molecule has 0 saturated carbocycles. The van der Waals surface area contributed by atoms with Gasteiger partial charge in [-0.3, -0.25) is 9.78 Å². The number of amides is 1. The number of pyridine rings is 1. The largest absolute Gasteiger partial charge is 0.491 e. The molecule has 4 heterocycles. The second-order valence-corrected chi connectivity index (χ2v) is 8.00. The van der Waals surface area contributed by atoms with Crippen molar-refractivity contribution in [2.45, 2.75) is 38.5 Å². The van der Waals surface area contributed by atoms with E-state index in [1.807, 2.05) is 37.3 Å². The van der Waals surface area contributed by atoms with Crippen molar-refractivity contribution in [1.82, 2.24) is 20.1 Å². The predicted octanol–water partition coefficient (Wildman–Crippen LogP) is 2.87. The molecule has 1 aromatic carbocycles. The molecule has 2 aromatic heterocycles. The Hall–Kier alpha value is -3.39. The number of nitrogens with one attached hydrogen (secondary N) is 1. The molecule has 166 valence electrons. The van der Waals surface area contributed by atoms with Gasteiger partial charge in [0.25, 0.3) is 5.91 Å². The highest BCUT2D eigenvalue weighted by molar-refractivity contribution is 5.92. The van der Waals surface area contributed by atoms with Crippen LogP contribution in [0.4, 0.5) is 0 Å². The van der Waals surface area contributed by atoms with Gasteiger partial charge in [0.2, 0.25) is 5.88 Å². The third-order valence-corrected chi connectivity index (χ3v) is 5.70. The standard InChI is InChI=1S/C24H26N4O4/c1-2-30-15-19-8-10-28-23(32-19)13-21(27-28)24(29)26-18-12-17-11-16(6-7-22(17)31-14-18)20-5-3-4-9-25-20/h3-7,9,11,13,18-19H,2,8,10,12,14-15H2,1H3,(H,26,29)/t18-,19+/m1/s1. The average Bonchev–Trinajstić information content (AvgIpc) is 3.26. The minimum atomic E-state index is -0.227. The lowest BCUT2D eigenvalue weighted by Gasteiger charge is -2.26. The number of carbonyl (C=O) groups excluding carboxylic acids is 1. The molecule has 8 heteroatoms. The molecular weight excluding hydrogens is 408 g/mol. The number of hydrogen-bond acceptors (Lipinski definition) is 6. The monoisotopic (exact) mass is 434 g/mol. The second-order valence-electron chi connectivity index (χ2n) is 8.00. The number of aromatic nitrogens is 3. The predicted molar refractivity (Wildman–Crippen MR) is 118 cm³/mol. The Balaban J connectivity index is 1.25. The first kappa shape index (κ1) is 20.5. The van der Waals surface area contributed by atoms with E-state index in [0.717, 1.165) is 29.0 Å². The van der Waals surface area contributed by atoms with Gasteiger partial charge in [-0.05, 0) is 49.2 Å². The fraction of sp³-hybridized carbons (Fsp3) is 0.375. The van der Waals surface area contributed by atoms with Crippen molar-refractivity contribution in [1.29, 1.82) is 0 Å². The number of nitrogens with zero attached hydrogens (tertiary/aromatic N) is 3.